The minimum Gasteiger partial charge on any atom is -0.470 e. The third-order valence-electron chi connectivity index (χ3n) is 3.89. The molecule has 26 heavy (non-hydrogen) atoms. The molecule has 1 heterocycles. The number of nitrogens with one attached hydrogen (secondary N) is 1. The molecule has 0 spiro atoms. The summed E-state index contributed by atoms with van der Waals surface area (Å²) in [6, 6.07) is 13.5. The molecule has 0 radical (unpaired) electrons. The smallest absolute Gasteiger partial charge is 0.272 e. The molecule has 0 saturated carbocycles. The van der Waals surface area contributed by atoms with Crippen LogP contribution in [-0.4, -0.2) is 23.1 Å². The molecule has 134 valence electrons. The van der Waals surface area contributed by atoms with Crippen LogP contribution in [0.1, 0.15) is 20.8 Å². The Morgan fingerprint density at radius 1 is 1.19 bits per heavy atom. The van der Waals surface area contributed by atoms with Crippen LogP contribution in [0.5, 0.6) is 5.75 Å². The third kappa shape index (κ3) is 3.81. The van der Waals surface area contributed by atoms with Gasteiger partial charge in [0.15, 0.2) is 0 Å². The first-order valence-electron chi connectivity index (χ1n) is 8.30. The van der Waals surface area contributed by atoms with Gasteiger partial charge in [-0.15, -0.1) is 17.7 Å². The van der Waals surface area contributed by atoms with Gasteiger partial charge < -0.3 is 14.5 Å². The van der Waals surface area contributed by atoms with Crippen molar-refractivity contribution >= 4 is 39.6 Å². The highest BCUT2D eigenvalue weighted by atomic mass is 32.2. The van der Waals surface area contributed by atoms with Crippen LogP contribution in [0, 0.1) is 11.8 Å². The number of hydrogen-bond acceptors (Lipinski definition) is 4. The number of hydrogen-bond donors (Lipinski definition) is 1. The number of fused-ring (bicyclic) bond motifs is 3. The maximum absolute atomic E-state index is 12.6. The molecule has 0 aliphatic heterocycles. The molecule has 3 aromatic rings. The van der Waals surface area contributed by atoms with Crippen molar-refractivity contribution in [3.63, 3.8) is 0 Å². The van der Waals surface area contributed by atoms with E-state index in [-0.39, 0.29) is 5.91 Å². The molecule has 0 fully saturated rings. The monoisotopic (exact) mass is 367 g/mol. The highest BCUT2D eigenvalue weighted by Gasteiger charge is 2.25. The summed E-state index contributed by atoms with van der Waals surface area (Å²) >= 11 is 1.34. The normalized spacial score (nSPS) is 12.5. The molecule has 1 N–H and O–H groups in total. The Bertz CT molecular complexity index is 1010. The summed E-state index contributed by atoms with van der Waals surface area (Å²) in [4.78, 5) is 12.6. The summed E-state index contributed by atoms with van der Waals surface area (Å²) in [6.07, 6.45) is 1.84. The lowest BCUT2D eigenvalue weighted by molar-refractivity contribution is -0.125. The summed E-state index contributed by atoms with van der Waals surface area (Å²) in [7, 11) is 0. The van der Waals surface area contributed by atoms with Gasteiger partial charge in [0.05, 0.1) is 5.54 Å². The highest BCUT2D eigenvalue weighted by Crippen LogP contribution is 2.32. The number of carbonyl (C=O) groups is 1. The van der Waals surface area contributed by atoms with E-state index in [1.165, 1.54) is 11.8 Å². The molecule has 1 aromatic heterocycles. The Hall–Kier alpha value is -2.58. The SMILES string of the molecule is CC#CC(C)(C)NC(=O)C(Oc1ccc2oc3ccccc3c2c1)SC. The topological polar surface area (TPSA) is 51.5 Å². The number of rotatable bonds is 5. The minimum absolute atomic E-state index is 0.206. The Morgan fingerprint density at radius 3 is 2.65 bits per heavy atom. The van der Waals surface area contributed by atoms with Gasteiger partial charge in [-0.05, 0) is 51.3 Å². The molecule has 0 bridgehead atoms. The number of carbonyl (C=O) groups excluding carboxylic acids is 1. The average Bonchev–Trinajstić information content (AvgIpc) is 2.97. The summed E-state index contributed by atoms with van der Waals surface area (Å²) in [5.41, 5.74) is 0.360. The van der Waals surface area contributed by atoms with Crippen molar-refractivity contribution in [3.05, 3.63) is 42.5 Å². The lowest BCUT2D eigenvalue weighted by atomic mass is 10.1. The fourth-order valence-corrected chi connectivity index (χ4v) is 3.30. The maximum Gasteiger partial charge on any atom is 0.272 e. The van der Waals surface area contributed by atoms with Gasteiger partial charge in [-0.1, -0.05) is 24.1 Å². The molecular weight excluding hydrogens is 346 g/mol. The second-order valence-electron chi connectivity index (χ2n) is 6.43. The Kier molecular flexibility index (Phi) is 5.15. The fourth-order valence-electron chi connectivity index (χ4n) is 2.82. The van der Waals surface area contributed by atoms with Gasteiger partial charge in [-0.25, -0.2) is 0 Å². The van der Waals surface area contributed by atoms with E-state index in [1.807, 2.05) is 62.6 Å². The van der Waals surface area contributed by atoms with Crippen molar-refractivity contribution in [2.75, 3.05) is 6.26 Å². The number of ether oxygens (including phenoxy) is 1. The van der Waals surface area contributed by atoms with Crippen molar-refractivity contribution in [1.29, 1.82) is 0 Å². The van der Waals surface area contributed by atoms with E-state index < -0.39 is 11.0 Å². The summed E-state index contributed by atoms with van der Waals surface area (Å²) < 4.78 is 11.8. The Morgan fingerprint density at radius 2 is 1.92 bits per heavy atom. The number of furan rings is 1. The fraction of sp³-hybridized carbons (Fsp3) is 0.286. The first-order valence-corrected chi connectivity index (χ1v) is 9.59. The highest BCUT2D eigenvalue weighted by molar-refractivity contribution is 7.99. The predicted molar refractivity (Wildman–Crippen MR) is 107 cm³/mol. The van der Waals surface area contributed by atoms with Crippen LogP contribution < -0.4 is 10.1 Å². The number of para-hydroxylation sites is 1. The summed E-state index contributed by atoms with van der Waals surface area (Å²) in [5, 5.41) is 4.91. The molecule has 4 nitrogen and oxygen atoms in total. The Balaban J connectivity index is 1.84. The molecule has 0 aliphatic rings. The summed E-state index contributed by atoms with van der Waals surface area (Å²) in [5.74, 6) is 6.23. The quantitative estimate of drug-likeness (QED) is 0.530. The first kappa shape index (κ1) is 18.2. The van der Waals surface area contributed by atoms with E-state index in [1.54, 1.807) is 6.92 Å². The zero-order valence-corrected chi connectivity index (χ0v) is 16.1. The lowest BCUT2D eigenvalue weighted by Gasteiger charge is -2.24. The van der Waals surface area contributed by atoms with E-state index in [2.05, 4.69) is 17.2 Å². The van der Waals surface area contributed by atoms with Crippen LogP contribution in [-0.2, 0) is 4.79 Å². The van der Waals surface area contributed by atoms with Crippen LogP contribution >= 0.6 is 11.8 Å². The number of amides is 1. The second-order valence-corrected chi connectivity index (χ2v) is 7.33. The predicted octanol–water partition coefficient (Wildman–Crippen LogP) is 4.57. The number of thioether (sulfide) groups is 1. The molecule has 0 aliphatic carbocycles. The van der Waals surface area contributed by atoms with Gasteiger partial charge in [-0.3, -0.25) is 4.79 Å². The molecular formula is C21H21NO3S. The van der Waals surface area contributed by atoms with Crippen LogP contribution in [0.2, 0.25) is 0 Å². The van der Waals surface area contributed by atoms with Crippen molar-refractivity contribution in [2.24, 2.45) is 0 Å². The number of benzene rings is 2. The van der Waals surface area contributed by atoms with E-state index >= 15 is 0 Å². The van der Waals surface area contributed by atoms with E-state index in [4.69, 9.17) is 9.15 Å². The van der Waals surface area contributed by atoms with Gasteiger partial charge in [0, 0.05) is 10.8 Å². The van der Waals surface area contributed by atoms with E-state index in [9.17, 15) is 4.79 Å². The third-order valence-corrected chi connectivity index (χ3v) is 4.63. The van der Waals surface area contributed by atoms with Gasteiger partial charge in [0.25, 0.3) is 5.91 Å². The maximum atomic E-state index is 12.6. The van der Waals surface area contributed by atoms with Crippen molar-refractivity contribution < 1.29 is 13.9 Å². The van der Waals surface area contributed by atoms with Gasteiger partial charge in [-0.2, -0.15) is 0 Å². The van der Waals surface area contributed by atoms with E-state index in [0.29, 0.717) is 5.75 Å². The first-order chi connectivity index (χ1) is 12.4. The second kappa shape index (κ2) is 7.35. The van der Waals surface area contributed by atoms with Crippen molar-refractivity contribution in [3.8, 4) is 17.6 Å². The minimum atomic E-state index is -0.663. The summed E-state index contributed by atoms with van der Waals surface area (Å²) in [6.45, 7) is 5.48. The van der Waals surface area contributed by atoms with Crippen molar-refractivity contribution in [2.45, 2.75) is 31.7 Å². The van der Waals surface area contributed by atoms with Crippen LogP contribution in [0.3, 0.4) is 0 Å². The van der Waals surface area contributed by atoms with Crippen molar-refractivity contribution in [1.82, 2.24) is 5.32 Å². The Labute approximate surface area is 157 Å². The molecule has 0 saturated heterocycles. The molecule has 3 rings (SSSR count). The van der Waals surface area contributed by atoms with Crippen LogP contribution in [0.25, 0.3) is 21.9 Å². The molecule has 1 atom stereocenters. The molecule has 1 amide bonds. The van der Waals surface area contributed by atoms with Gasteiger partial charge in [0.2, 0.25) is 5.44 Å². The zero-order chi connectivity index (χ0) is 18.7. The van der Waals surface area contributed by atoms with Gasteiger partial charge >= 0.3 is 0 Å². The van der Waals surface area contributed by atoms with Gasteiger partial charge in [0.1, 0.15) is 16.9 Å². The largest absolute Gasteiger partial charge is 0.470 e. The lowest BCUT2D eigenvalue weighted by Crippen LogP contribution is -2.47. The average molecular weight is 367 g/mol. The van der Waals surface area contributed by atoms with Crippen LogP contribution in [0.15, 0.2) is 46.9 Å². The molecule has 1 unspecified atom stereocenters. The van der Waals surface area contributed by atoms with Crippen LogP contribution in [0.4, 0.5) is 0 Å². The zero-order valence-electron chi connectivity index (χ0n) is 15.3. The van der Waals surface area contributed by atoms with E-state index in [0.717, 1.165) is 21.9 Å². The molecule has 5 heteroatoms. The standard InChI is InChI=1S/C21H21NO3S/c1-5-12-21(2,3)22-19(23)20(26-4)24-14-10-11-18-16(13-14)15-8-6-7-9-17(15)25-18/h6-11,13,20H,1-4H3,(H,22,23). The molecule has 2 aromatic carbocycles.